The standard InChI is InChI=1S/C54H33NO2/c1-3-12-38-30-41(27-24-34(38)10-1)55(42-28-25-35-11-2-4-13-39(35)31-42)49-17-9-19-51-53(49)48-33-47(43-14-5-6-16-46(43)54(48)57-51)37-22-20-36(21-23-37)40-26-29-45-44-15-7-8-18-50(44)56-52(45)32-40/h1-33H. The van der Waals surface area contributed by atoms with Crippen LogP contribution in [0, 0.1) is 0 Å². The summed E-state index contributed by atoms with van der Waals surface area (Å²) in [5.41, 5.74) is 11.4. The highest BCUT2D eigenvalue weighted by atomic mass is 16.3. The van der Waals surface area contributed by atoms with E-state index in [0.29, 0.717) is 0 Å². The van der Waals surface area contributed by atoms with E-state index in [2.05, 4.69) is 193 Å². The Morgan fingerprint density at radius 2 is 0.895 bits per heavy atom. The van der Waals surface area contributed by atoms with Crippen LogP contribution in [0.2, 0.25) is 0 Å². The fourth-order valence-electron chi connectivity index (χ4n) is 8.86. The van der Waals surface area contributed by atoms with E-state index in [1.807, 2.05) is 12.1 Å². The first-order valence-corrected chi connectivity index (χ1v) is 19.4. The second-order valence-electron chi connectivity index (χ2n) is 14.9. The van der Waals surface area contributed by atoms with Crippen LogP contribution in [0.1, 0.15) is 0 Å². The van der Waals surface area contributed by atoms with E-state index in [1.54, 1.807) is 0 Å². The predicted molar refractivity (Wildman–Crippen MR) is 239 cm³/mol. The van der Waals surface area contributed by atoms with Crippen LogP contribution in [0.4, 0.5) is 17.1 Å². The molecule has 2 aromatic heterocycles. The molecule has 266 valence electrons. The van der Waals surface area contributed by atoms with E-state index >= 15 is 0 Å². The topological polar surface area (TPSA) is 29.5 Å². The van der Waals surface area contributed by atoms with Crippen LogP contribution < -0.4 is 4.90 Å². The largest absolute Gasteiger partial charge is 0.456 e. The zero-order valence-corrected chi connectivity index (χ0v) is 30.8. The third-order valence-electron chi connectivity index (χ3n) is 11.6. The molecule has 57 heavy (non-hydrogen) atoms. The first-order chi connectivity index (χ1) is 28.2. The molecule has 3 heteroatoms. The summed E-state index contributed by atoms with van der Waals surface area (Å²) >= 11 is 0. The molecule has 0 saturated carbocycles. The Hall–Kier alpha value is -7.62. The maximum Gasteiger partial charge on any atom is 0.143 e. The zero-order chi connectivity index (χ0) is 37.5. The van der Waals surface area contributed by atoms with Crippen molar-refractivity contribution in [2.45, 2.75) is 0 Å². The van der Waals surface area contributed by atoms with Gasteiger partial charge in [-0.1, -0.05) is 140 Å². The Morgan fingerprint density at radius 3 is 1.63 bits per heavy atom. The van der Waals surface area contributed by atoms with Gasteiger partial charge in [-0.15, -0.1) is 0 Å². The van der Waals surface area contributed by atoms with Gasteiger partial charge in [-0.05, 0) is 110 Å². The number of furan rings is 2. The third kappa shape index (κ3) is 5.06. The average molecular weight is 728 g/mol. The number of hydrogen-bond acceptors (Lipinski definition) is 3. The molecule has 0 amide bonds. The van der Waals surface area contributed by atoms with Crippen molar-refractivity contribution < 1.29 is 8.83 Å². The highest BCUT2D eigenvalue weighted by Crippen LogP contribution is 2.47. The molecule has 3 nitrogen and oxygen atoms in total. The Labute approximate surface area is 328 Å². The quantitative estimate of drug-likeness (QED) is 0.177. The van der Waals surface area contributed by atoms with Gasteiger partial charge in [-0.25, -0.2) is 0 Å². The molecule has 0 atom stereocenters. The van der Waals surface area contributed by atoms with Crippen molar-refractivity contribution in [3.05, 3.63) is 200 Å². The molecule has 0 saturated heterocycles. The summed E-state index contributed by atoms with van der Waals surface area (Å²) in [4.78, 5) is 2.39. The molecular weight excluding hydrogens is 695 g/mol. The van der Waals surface area contributed by atoms with E-state index in [-0.39, 0.29) is 0 Å². The molecule has 0 aliphatic rings. The average Bonchev–Trinajstić information content (AvgIpc) is 3.85. The molecule has 2 heterocycles. The van der Waals surface area contributed by atoms with Crippen molar-refractivity contribution in [3.63, 3.8) is 0 Å². The fourth-order valence-corrected chi connectivity index (χ4v) is 8.86. The normalized spacial score (nSPS) is 11.9. The van der Waals surface area contributed by atoms with E-state index < -0.39 is 0 Å². The molecule has 10 aromatic carbocycles. The molecule has 0 spiro atoms. The second kappa shape index (κ2) is 12.5. The minimum Gasteiger partial charge on any atom is -0.456 e. The SMILES string of the molecule is c1ccc2cc(N(c3ccc4ccccc4c3)c3cccc4oc5c6ccccc6c(-c6ccc(-c7ccc8c(c7)oc7ccccc78)cc6)cc5c34)ccc2c1. The summed E-state index contributed by atoms with van der Waals surface area (Å²) in [6.07, 6.45) is 0. The first kappa shape index (κ1) is 31.7. The van der Waals surface area contributed by atoms with Crippen LogP contribution in [0.25, 0.3) is 98.4 Å². The Balaban J connectivity index is 1.05. The number of anilines is 3. The number of para-hydroxylation sites is 1. The molecule has 12 rings (SSSR count). The van der Waals surface area contributed by atoms with Gasteiger partial charge in [0.2, 0.25) is 0 Å². The third-order valence-corrected chi connectivity index (χ3v) is 11.6. The van der Waals surface area contributed by atoms with Gasteiger partial charge in [-0.3, -0.25) is 0 Å². The first-order valence-electron chi connectivity index (χ1n) is 19.4. The lowest BCUT2D eigenvalue weighted by atomic mass is 9.93. The minimum absolute atomic E-state index is 0.854. The summed E-state index contributed by atoms with van der Waals surface area (Å²) in [6, 6.07) is 71.6. The van der Waals surface area contributed by atoms with Crippen LogP contribution in [-0.2, 0) is 0 Å². The number of hydrogen-bond donors (Lipinski definition) is 0. The maximum atomic E-state index is 6.86. The molecular formula is C54H33NO2. The highest BCUT2D eigenvalue weighted by molar-refractivity contribution is 6.22. The smallest absolute Gasteiger partial charge is 0.143 e. The summed E-state index contributed by atoms with van der Waals surface area (Å²) in [6.45, 7) is 0. The van der Waals surface area contributed by atoms with Gasteiger partial charge in [0.1, 0.15) is 22.3 Å². The summed E-state index contributed by atoms with van der Waals surface area (Å²) < 4.78 is 13.1. The van der Waals surface area contributed by atoms with Crippen molar-refractivity contribution >= 4 is 93.3 Å². The van der Waals surface area contributed by atoms with Crippen molar-refractivity contribution in [2.24, 2.45) is 0 Å². The van der Waals surface area contributed by atoms with Gasteiger partial charge in [-0.2, -0.15) is 0 Å². The molecule has 0 bridgehead atoms. The Bertz CT molecular complexity index is 3460. The summed E-state index contributed by atoms with van der Waals surface area (Å²) in [7, 11) is 0. The lowest BCUT2D eigenvalue weighted by Crippen LogP contribution is -2.10. The van der Waals surface area contributed by atoms with E-state index in [1.165, 1.54) is 21.5 Å². The lowest BCUT2D eigenvalue weighted by molar-refractivity contribution is 0.669. The molecule has 0 radical (unpaired) electrons. The van der Waals surface area contributed by atoms with Crippen LogP contribution in [0.5, 0.6) is 0 Å². The van der Waals surface area contributed by atoms with Crippen molar-refractivity contribution in [2.75, 3.05) is 4.90 Å². The molecule has 12 aromatic rings. The van der Waals surface area contributed by atoms with E-state index in [0.717, 1.165) is 94.0 Å². The number of benzene rings is 10. The van der Waals surface area contributed by atoms with Gasteiger partial charge in [0, 0.05) is 32.9 Å². The van der Waals surface area contributed by atoms with Crippen molar-refractivity contribution in [1.29, 1.82) is 0 Å². The molecule has 0 aliphatic carbocycles. The van der Waals surface area contributed by atoms with Crippen molar-refractivity contribution in [1.82, 2.24) is 0 Å². The van der Waals surface area contributed by atoms with Crippen LogP contribution in [0.15, 0.2) is 209 Å². The summed E-state index contributed by atoms with van der Waals surface area (Å²) in [5, 5.41) is 11.5. The van der Waals surface area contributed by atoms with E-state index in [9.17, 15) is 0 Å². The predicted octanol–water partition coefficient (Wildman–Crippen LogP) is 15.7. The van der Waals surface area contributed by atoms with Gasteiger partial charge in [0.05, 0.1) is 11.1 Å². The van der Waals surface area contributed by atoms with Gasteiger partial charge >= 0.3 is 0 Å². The number of fused-ring (bicyclic) bond motifs is 10. The highest BCUT2D eigenvalue weighted by Gasteiger charge is 2.22. The summed E-state index contributed by atoms with van der Waals surface area (Å²) in [5.74, 6) is 0. The van der Waals surface area contributed by atoms with Gasteiger partial charge in [0.25, 0.3) is 0 Å². The van der Waals surface area contributed by atoms with Crippen LogP contribution in [0.3, 0.4) is 0 Å². The monoisotopic (exact) mass is 727 g/mol. The number of rotatable bonds is 5. The van der Waals surface area contributed by atoms with E-state index in [4.69, 9.17) is 8.83 Å². The maximum absolute atomic E-state index is 6.86. The zero-order valence-electron chi connectivity index (χ0n) is 30.8. The van der Waals surface area contributed by atoms with Crippen molar-refractivity contribution in [3.8, 4) is 22.3 Å². The molecule has 0 N–H and O–H groups in total. The van der Waals surface area contributed by atoms with Gasteiger partial charge in [0.15, 0.2) is 0 Å². The Morgan fingerprint density at radius 1 is 0.316 bits per heavy atom. The Kier molecular flexibility index (Phi) is 6.93. The number of nitrogens with zero attached hydrogens (tertiary/aromatic N) is 1. The lowest BCUT2D eigenvalue weighted by Gasteiger charge is -2.27. The van der Waals surface area contributed by atoms with Gasteiger partial charge < -0.3 is 13.7 Å². The van der Waals surface area contributed by atoms with Crippen LogP contribution in [-0.4, -0.2) is 0 Å². The molecule has 0 unspecified atom stereocenters. The molecule has 0 fully saturated rings. The minimum atomic E-state index is 0.854. The fraction of sp³-hybridized carbons (Fsp3) is 0. The second-order valence-corrected chi connectivity index (χ2v) is 14.9. The van der Waals surface area contributed by atoms with Crippen LogP contribution >= 0.6 is 0 Å². The molecule has 0 aliphatic heterocycles.